The van der Waals surface area contributed by atoms with Crippen LogP contribution in [0.3, 0.4) is 0 Å². The molecule has 2 fully saturated rings. The summed E-state index contributed by atoms with van der Waals surface area (Å²) in [6, 6.07) is 7.01. The Labute approximate surface area is 172 Å². The minimum atomic E-state index is -0.0229. The molecular formula is C20H29Cl2N3O2. The number of nitrogens with two attached hydrogens (primary N) is 1. The zero-order chi connectivity index (χ0) is 18.6. The largest absolute Gasteiger partial charge is 0.339 e. The van der Waals surface area contributed by atoms with Crippen molar-refractivity contribution in [1.29, 1.82) is 0 Å². The molecule has 2 aliphatic rings. The number of nitrogens with zero attached hydrogens (tertiary/aromatic N) is 2. The topological polar surface area (TPSA) is 66.6 Å². The Morgan fingerprint density at radius 1 is 1.04 bits per heavy atom. The molecule has 150 valence electrons. The average Bonchev–Trinajstić information content (AvgIpc) is 2.68. The molecule has 0 radical (unpaired) electrons. The summed E-state index contributed by atoms with van der Waals surface area (Å²) in [5.41, 5.74) is 6.61. The summed E-state index contributed by atoms with van der Waals surface area (Å²) < 4.78 is 0. The molecule has 0 atom stereocenters. The number of piperazine rings is 1. The summed E-state index contributed by atoms with van der Waals surface area (Å²) in [6.07, 6.45) is 6.26. The van der Waals surface area contributed by atoms with Crippen LogP contribution in [-0.4, -0.2) is 54.3 Å². The first kappa shape index (κ1) is 22.0. The molecule has 0 spiro atoms. The second kappa shape index (κ2) is 9.76. The summed E-state index contributed by atoms with van der Waals surface area (Å²) in [7, 11) is 0. The first-order chi connectivity index (χ1) is 12.5. The van der Waals surface area contributed by atoms with Gasteiger partial charge in [0.05, 0.1) is 0 Å². The van der Waals surface area contributed by atoms with Gasteiger partial charge in [-0.1, -0.05) is 36.9 Å². The van der Waals surface area contributed by atoms with E-state index in [-0.39, 0.29) is 29.6 Å². The molecule has 1 saturated heterocycles. The number of amides is 2. The van der Waals surface area contributed by atoms with Gasteiger partial charge in [-0.05, 0) is 43.0 Å². The predicted octanol–water partition coefficient (Wildman–Crippen LogP) is 3.35. The Bertz CT molecular complexity index is 654. The SMILES string of the molecule is Cl.NCC1(CC(=O)N2CCN(C(=O)c3cccc(Cl)c3)CC2)CCCCC1. The maximum Gasteiger partial charge on any atom is 0.254 e. The summed E-state index contributed by atoms with van der Waals surface area (Å²) >= 11 is 5.98. The summed E-state index contributed by atoms with van der Waals surface area (Å²) in [5.74, 6) is 0.164. The van der Waals surface area contributed by atoms with Gasteiger partial charge in [-0.3, -0.25) is 9.59 Å². The zero-order valence-electron chi connectivity index (χ0n) is 15.7. The van der Waals surface area contributed by atoms with Crippen LogP contribution in [-0.2, 0) is 4.79 Å². The van der Waals surface area contributed by atoms with Gasteiger partial charge >= 0.3 is 0 Å². The Morgan fingerprint density at radius 3 is 2.26 bits per heavy atom. The van der Waals surface area contributed by atoms with Crippen LogP contribution in [0.5, 0.6) is 0 Å². The molecule has 5 nitrogen and oxygen atoms in total. The molecule has 0 unspecified atom stereocenters. The first-order valence-corrected chi connectivity index (χ1v) is 9.93. The smallest absolute Gasteiger partial charge is 0.254 e. The summed E-state index contributed by atoms with van der Waals surface area (Å²) in [4.78, 5) is 29.1. The van der Waals surface area contributed by atoms with E-state index in [4.69, 9.17) is 17.3 Å². The highest BCUT2D eigenvalue weighted by Gasteiger charge is 2.35. The van der Waals surface area contributed by atoms with Crippen molar-refractivity contribution in [2.75, 3.05) is 32.7 Å². The van der Waals surface area contributed by atoms with Crippen LogP contribution in [0.25, 0.3) is 0 Å². The van der Waals surface area contributed by atoms with E-state index >= 15 is 0 Å². The van der Waals surface area contributed by atoms with Crippen LogP contribution in [0.15, 0.2) is 24.3 Å². The van der Waals surface area contributed by atoms with E-state index in [0.29, 0.717) is 49.7 Å². The van der Waals surface area contributed by atoms with E-state index in [2.05, 4.69) is 0 Å². The third-order valence-electron chi connectivity index (χ3n) is 5.86. The molecule has 2 amide bonds. The van der Waals surface area contributed by atoms with E-state index < -0.39 is 0 Å². The Morgan fingerprint density at radius 2 is 1.67 bits per heavy atom. The van der Waals surface area contributed by atoms with Gasteiger partial charge in [0, 0.05) is 43.2 Å². The Hall–Kier alpha value is -1.30. The fraction of sp³-hybridized carbons (Fsp3) is 0.600. The molecule has 27 heavy (non-hydrogen) atoms. The third-order valence-corrected chi connectivity index (χ3v) is 6.10. The fourth-order valence-corrected chi connectivity index (χ4v) is 4.34. The number of benzene rings is 1. The minimum absolute atomic E-state index is 0. The molecule has 3 rings (SSSR count). The monoisotopic (exact) mass is 413 g/mol. The van der Waals surface area contributed by atoms with E-state index in [1.807, 2.05) is 4.90 Å². The molecule has 7 heteroatoms. The highest BCUT2D eigenvalue weighted by Crippen LogP contribution is 2.38. The lowest BCUT2D eigenvalue weighted by atomic mass is 9.71. The van der Waals surface area contributed by atoms with Crippen LogP contribution in [0.1, 0.15) is 48.9 Å². The molecule has 1 aromatic carbocycles. The van der Waals surface area contributed by atoms with Crippen LogP contribution in [0.4, 0.5) is 0 Å². The highest BCUT2D eigenvalue weighted by molar-refractivity contribution is 6.30. The van der Waals surface area contributed by atoms with Crippen molar-refractivity contribution in [3.63, 3.8) is 0 Å². The van der Waals surface area contributed by atoms with Gasteiger partial charge in [-0.2, -0.15) is 0 Å². The molecule has 1 aliphatic heterocycles. The van der Waals surface area contributed by atoms with Gasteiger partial charge in [-0.15, -0.1) is 12.4 Å². The van der Waals surface area contributed by atoms with Gasteiger partial charge in [0.25, 0.3) is 5.91 Å². The van der Waals surface area contributed by atoms with Crippen LogP contribution < -0.4 is 5.73 Å². The van der Waals surface area contributed by atoms with E-state index in [9.17, 15) is 9.59 Å². The van der Waals surface area contributed by atoms with E-state index in [0.717, 1.165) is 12.8 Å². The molecule has 1 aliphatic carbocycles. The normalized spacial score (nSPS) is 19.3. The lowest BCUT2D eigenvalue weighted by molar-refractivity contribution is -0.135. The van der Waals surface area contributed by atoms with E-state index in [1.165, 1.54) is 19.3 Å². The Kier molecular flexibility index (Phi) is 7.95. The first-order valence-electron chi connectivity index (χ1n) is 9.56. The number of carbonyl (C=O) groups excluding carboxylic acids is 2. The molecule has 1 saturated carbocycles. The van der Waals surface area contributed by atoms with E-state index in [1.54, 1.807) is 29.2 Å². The second-order valence-corrected chi connectivity index (χ2v) is 8.06. The van der Waals surface area contributed by atoms with Crippen molar-refractivity contribution in [3.05, 3.63) is 34.9 Å². The molecule has 1 aromatic rings. The third kappa shape index (κ3) is 5.37. The van der Waals surface area contributed by atoms with Crippen LogP contribution >= 0.6 is 24.0 Å². The van der Waals surface area contributed by atoms with Gasteiger partial charge in [0.2, 0.25) is 5.91 Å². The summed E-state index contributed by atoms with van der Waals surface area (Å²) in [6.45, 7) is 2.89. The lowest BCUT2D eigenvalue weighted by Crippen LogP contribution is -2.51. The maximum atomic E-state index is 12.8. The molecule has 1 heterocycles. The fourth-order valence-electron chi connectivity index (χ4n) is 4.15. The Balaban J connectivity index is 0.00000261. The van der Waals surface area contributed by atoms with Crippen molar-refractivity contribution in [2.45, 2.75) is 38.5 Å². The van der Waals surface area contributed by atoms with Crippen molar-refractivity contribution in [3.8, 4) is 0 Å². The number of hydrogen-bond donors (Lipinski definition) is 1. The highest BCUT2D eigenvalue weighted by atomic mass is 35.5. The molecular weight excluding hydrogens is 385 g/mol. The van der Waals surface area contributed by atoms with Crippen molar-refractivity contribution < 1.29 is 9.59 Å². The number of hydrogen-bond acceptors (Lipinski definition) is 3. The van der Waals surface area contributed by atoms with Crippen LogP contribution in [0, 0.1) is 5.41 Å². The second-order valence-electron chi connectivity index (χ2n) is 7.62. The minimum Gasteiger partial charge on any atom is -0.339 e. The van der Waals surface area contributed by atoms with Gasteiger partial charge < -0.3 is 15.5 Å². The van der Waals surface area contributed by atoms with Crippen molar-refractivity contribution >= 4 is 35.8 Å². The number of halogens is 2. The number of carbonyl (C=O) groups is 2. The molecule has 0 bridgehead atoms. The molecule has 2 N–H and O–H groups in total. The quantitative estimate of drug-likeness (QED) is 0.822. The number of rotatable bonds is 4. The standard InChI is InChI=1S/C20H28ClN3O2.ClH/c21-17-6-4-5-16(13-17)19(26)24-11-9-23(10-12-24)18(25)14-20(15-22)7-2-1-3-8-20;/h4-6,13H,1-3,7-12,14-15,22H2;1H. The van der Waals surface area contributed by atoms with Crippen molar-refractivity contribution in [2.24, 2.45) is 11.1 Å². The average molecular weight is 414 g/mol. The van der Waals surface area contributed by atoms with Gasteiger partial charge in [-0.25, -0.2) is 0 Å². The van der Waals surface area contributed by atoms with Crippen molar-refractivity contribution in [1.82, 2.24) is 9.80 Å². The lowest BCUT2D eigenvalue weighted by Gasteiger charge is -2.39. The maximum absolute atomic E-state index is 12.8. The van der Waals surface area contributed by atoms with Gasteiger partial charge in [0.1, 0.15) is 0 Å². The molecule has 0 aromatic heterocycles. The van der Waals surface area contributed by atoms with Gasteiger partial charge in [0.15, 0.2) is 0 Å². The zero-order valence-corrected chi connectivity index (χ0v) is 17.2. The summed E-state index contributed by atoms with van der Waals surface area (Å²) in [5, 5.41) is 0.559. The predicted molar refractivity (Wildman–Crippen MR) is 110 cm³/mol. The van der Waals surface area contributed by atoms with Crippen LogP contribution in [0.2, 0.25) is 5.02 Å².